The summed E-state index contributed by atoms with van der Waals surface area (Å²) in [4.78, 5) is 11.3. The maximum Gasteiger partial charge on any atom is 0.334 e. The Kier molecular flexibility index (Phi) is 5.53. The van der Waals surface area contributed by atoms with Crippen molar-refractivity contribution in [3.05, 3.63) is 12.2 Å². The first-order valence-corrected chi connectivity index (χ1v) is 6.23. The molecule has 0 bridgehead atoms. The van der Waals surface area contributed by atoms with Gasteiger partial charge in [-0.2, -0.15) is 0 Å². The van der Waals surface area contributed by atoms with Crippen LogP contribution < -0.4 is 5.32 Å². The highest BCUT2D eigenvalue weighted by Gasteiger charge is 2.21. The molecular formula is C13H23NO2. The van der Waals surface area contributed by atoms with Crippen LogP contribution >= 0.6 is 0 Å². The monoisotopic (exact) mass is 225 g/mol. The van der Waals surface area contributed by atoms with E-state index in [4.69, 9.17) is 4.74 Å². The van der Waals surface area contributed by atoms with Gasteiger partial charge in [-0.3, -0.25) is 0 Å². The number of carbonyl (C=O) groups excluding carboxylic acids is 1. The van der Waals surface area contributed by atoms with Crippen molar-refractivity contribution < 1.29 is 9.53 Å². The molecule has 16 heavy (non-hydrogen) atoms. The molecule has 1 aliphatic rings. The van der Waals surface area contributed by atoms with E-state index in [0.717, 1.165) is 5.92 Å². The summed E-state index contributed by atoms with van der Waals surface area (Å²) < 4.78 is 4.88. The second kappa shape index (κ2) is 6.69. The highest BCUT2D eigenvalue weighted by atomic mass is 16.5. The first kappa shape index (κ1) is 13.2. The van der Waals surface area contributed by atoms with Crippen LogP contribution in [0.3, 0.4) is 0 Å². The van der Waals surface area contributed by atoms with Crippen molar-refractivity contribution in [2.75, 3.05) is 13.2 Å². The molecule has 0 radical (unpaired) electrons. The fourth-order valence-electron chi connectivity index (χ4n) is 2.21. The third-order valence-corrected chi connectivity index (χ3v) is 3.31. The van der Waals surface area contributed by atoms with Crippen molar-refractivity contribution in [2.24, 2.45) is 5.92 Å². The van der Waals surface area contributed by atoms with Gasteiger partial charge in [-0.05, 0) is 32.6 Å². The molecule has 0 amide bonds. The standard InChI is InChI=1S/C13H23NO2/c1-4-16-13(15)10(2)9-14-11(3)12-7-5-6-8-12/h11-12,14H,2,4-9H2,1,3H3/t11-/m1/s1. The Hall–Kier alpha value is -0.830. The zero-order valence-corrected chi connectivity index (χ0v) is 10.4. The number of carbonyl (C=O) groups is 1. The van der Waals surface area contributed by atoms with Crippen molar-refractivity contribution in [2.45, 2.75) is 45.6 Å². The summed E-state index contributed by atoms with van der Waals surface area (Å²) in [5.74, 6) is 0.476. The Morgan fingerprint density at radius 3 is 2.69 bits per heavy atom. The largest absolute Gasteiger partial charge is 0.463 e. The lowest BCUT2D eigenvalue weighted by Crippen LogP contribution is -2.34. The molecule has 0 aliphatic heterocycles. The number of hydrogen-bond donors (Lipinski definition) is 1. The number of nitrogens with one attached hydrogen (secondary N) is 1. The van der Waals surface area contributed by atoms with Gasteiger partial charge in [0.1, 0.15) is 0 Å². The summed E-state index contributed by atoms with van der Waals surface area (Å²) in [5, 5.41) is 3.36. The molecular weight excluding hydrogens is 202 g/mol. The third-order valence-electron chi connectivity index (χ3n) is 3.31. The van der Waals surface area contributed by atoms with E-state index in [9.17, 15) is 4.79 Å². The van der Waals surface area contributed by atoms with Gasteiger partial charge in [0, 0.05) is 18.2 Å². The number of rotatable bonds is 6. The van der Waals surface area contributed by atoms with Crippen LogP contribution in [0.2, 0.25) is 0 Å². The summed E-state index contributed by atoms with van der Waals surface area (Å²) in [6.45, 7) is 8.68. The lowest BCUT2D eigenvalue weighted by atomic mass is 10.00. The molecule has 1 fully saturated rings. The van der Waals surface area contributed by atoms with E-state index in [1.165, 1.54) is 25.7 Å². The van der Waals surface area contributed by atoms with E-state index < -0.39 is 0 Å². The van der Waals surface area contributed by atoms with E-state index in [1.807, 2.05) is 0 Å². The van der Waals surface area contributed by atoms with Gasteiger partial charge in [-0.1, -0.05) is 19.4 Å². The molecule has 3 heteroatoms. The Bertz CT molecular complexity index is 244. The quantitative estimate of drug-likeness (QED) is 0.556. The average Bonchev–Trinajstić information content (AvgIpc) is 2.79. The lowest BCUT2D eigenvalue weighted by molar-refractivity contribution is -0.138. The van der Waals surface area contributed by atoms with Crippen molar-refractivity contribution in [3.63, 3.8) is 0 Å². The SMILES string of the molecule is C=C(CN[C@H](C)C1CCCC1)C(=O)OCC. The van der Waals surface area contributed by atoms with Gasteiger partial charge in [0.2, 0.25) is 0 Å². The zero-order chi connectivity index (χ0) is 12.0. The molecule has 0 aromatic carbocycles. The number of esters is 1. The van der Waals surface area contributed by atoms with Crippen LogP contribution in [0.25, 0.3) is 0 Å². The third kappa shape index (κ3) is 3.97. The van der Waals surface area contributed by atoms with E-state index in [-0.39, 0.29) is 5.97 Å². The molecule has 1 atom stereocenters. The molecule has 0 aromatic heterocycles. The van der Waals surface area contributed by atoms with Crippen LogP contribution in [-0.4, -0.2) is 25.2 Å². The summed E-state index contributed by atoms with van der Waals surface area (Å²) in [7, 11) is 0. The highest BCUT2D eigenvalue weighted by Crippen LogP contribution is 2.27. The second-order valence-corrected chi connectivity index (χ2v) is 4.54. The molecule has 0 saturated heterocycles. The summed E-state index contributed by atoms with van der Waals surface area (Å²) in [6, 6.07) is 0.466. The van der Waals surface area contributed by atoms with Crippen LogP contribution in [0.5, 0.6) is 0 Å². The fraction of sp³-hybridized carbons (Fsp3) is 0.769. The minimum Gasteiger partial charge on any atom is -0.463 e. The topological polar surface area (TPSA) is 38.3 Å². The molecule has 0 heterocycles. The van der Waals surface area contributed by atoms with Gasteiger partial charge in [-0.25, -0.2) is 4.79 Å². The van der Waals surface area contributed by atoms with Crippen molar-refractivity contribution in [3.8, 4) is 0 Å². The van der Waals surface area contributed by atoms with E-state index in [0.29, 0.717) is 24.8 Å². The van der Waals surface area contributed by atoms with Crippen molar-refractivity contribution in [1.82, 2.24) is 5.32 Å². The lowest BCUT2D eigenvalue weighted by Gasteiger charge is -2.20. The zero-order valence-electron chi connectivity index (χ0n) is 10.4. The van der Waals surface area contributed by atoms with Crippen LogP contribution in [0.1, 0.15) is 39.5 Å². The predicted octanol–water partition coefficient (Wildman–Crippen LogP) is 2.27. The molecule has 0 spiro atoms. The second-order valence-electron chi connectivity index (χ2n) is 4.54. The maximum atomic E-state index is 11.3. The van der Waals surface area contributed by atoms with Gasteiger partial charge in [0.15, 0.2) is 0 Å². The molecule has 0 unspecified atom stereocenters. The number of ether oxygens (including phenoxy) is 1. The van der Waals surface area contributed by atoms with Crippen molar-refractivity contribution in [1.29, 1.82) is 0 Å². The average molecular weight is 225 g/mol. The molecule has 1 rings (SSSR count). The first-order chi connectivity index (χ1) is 7.65. The minimum absolute atomic E-state index is 0.284. The molecule has 3 nitrogen and oxygen atoms in total. The molecule has 1 saturated carbocycles. The van der Waals surface area contributed by atoms with E-state index in [2.05, 4.69) is 18.8 Å². The Morgan fingerprint density at radius 1 is 1.50 bits per heavy atom. The van der Waals surface area contributed by atoms with E-state index in [1.54, 1.807) is 6.92 Å². The first-order valence-electron chi connectivity index (χ1n) is 6.23. The number of hydrogen-bond acceptors (Lipinski definition) is 3. The van der Waals surface area contributed by atoms with Crippen LogP contribution in [0.15, 0.2) is 12.2 Å². The smallest absolute Gasteiger partial charge is 0.334 e. The summed E-state index contributed by atoms with van der Waals surface area (Å²) in [6.07, 6.45) is 5.30. The van der Waals surface area contributed by atoms with E-state index >= 15 is 0 Å². The van der Waals surface area contributed by atoms with Gasteiger partial charge in [0.05, 0.1) is 6.61 Å². The van der Waals surface area contributed by atoms with Crippen LogP contribution in [-0.2, 0) is 9.53 Å². The molecule has 1 aliphatic carbocycles. The van der Waals surface area contributed by atoms with Gasteiger partial charge in [0.25, 0.3) is 0 Å². The predicted molar refractivity (Wildman–Crippen MR) is 65.2 cm³/mol. The normalized spacial score (nSPS) is 18.4. The summed E-state index contributed by atoms with van der Waals surface area (Å²) in [5.41, 5.74) is 0.520. The van der Waals surface area contributed by atoms with Crippen molar-refractivity contribution >= 4 is 5.97 Å². The summed E-state index contributed by atoms with van der Waals surface area (Å²) >= 11 is 0. The van der Waals surface area contributed by atoms with Gasteiger partial charge < -0.3 is 10.1 Å². The van der Waals surface area contributed by atoms with Crippen LogP contribution in [0.4, 0.5) is 0 Å². The Balaban J connectivity index is 2.22. The molecule has 0 aromatic rings. The minimum atomic E-state index is -0.284. The highest BCUT2D eigenvalue weighted by molar-refractivity contribution is 5.88. The maximum absolute atomic E-state index is 11.3. The van der Waals surface area contributed by atoms with Gasteiger partial charge >= 0.3 is 5.97 Å². The Morgan fingerprint density at radius 2 is 2.12 bits per heavy atom. The fourth-order valence-corrected chi connectivity index (χ4v) is 2.21. The van der Waals surface area contributed by atoms with Crippen LogP contribution in [0, 0.1) is 5.92 Å². The molecule has 1 N–H and O–H groups in total. The molecule has 92 valence electrons. The Labute approximate surface area is 98.2 Å². The van der Waals surface area contributed by atoms with Gasteiger partial charge in [-0.15, -0.1) is 0 Å².